The summed E-state index contributed by atoms with van der Waals surface area (Å²) in [6, 6.07) is 24.7. The molecule has 1 aliphatic heterocycles. The van der Waals surface area contributed by atoms with E-state index in [0.29, 0.717) is 6.54 Å². The second kappa shape index (κ2) is 11.3. The van der Waals surface area contributed by atoms with Crippen LogP contribution in [0.25, 0.3) is 0 Å². The Hall–Kier alpha value is -2.14. The van der Waals surface area contributed by atoms with Gasteiger partial charge in [0.2, 0.25) is 5.91 Å². The van der Waals surface area contributed by atoms with E-state index in [4.69, 9.17) is 0 Å². The molecule has 0 bridgehead atoms. The molecule has 1 aromatic heterocycles. The van der Waals surface area contributed by atoms with Crippen molar-refractivity contribution in [3.05, 3.63) is 94.2 Å². The predicted octanol–water partition coefficient (Wildman–Crippen LogP) is 5.65. The molecule has 0 aliphatic carbocycles. The molecule has 30 heavy (non-hydrogen) atoms. The zero-order valence-electron chi connectivity index (χ0n) is 17.1. The van der Waals surface area contributed by atoms with Crippen LogP contribution in [0, 0.1) is 0 Å². The number of hydrogen-bond donors (Lipinski definition) is 1. The van der Waals surface area contributed by atoms with Crippen molar-refractivity contribution in [1.29, 1.82) is 0 Å². The number of hydrogen-bond acceptors (Lipinski definition) is 3. The summed E-state index contributed by atoms with van der Waals surface area (Å²) in [6.07, 6.45) is 3.79. The van der Waals surface area contributed by atoms with Gasteiger partial charge in [0.05, 0.1) is 12.0 Å². The Morgan fingerprint density at radius 2 is 1.47 bits per heavy atom. The van der Waals surface area contributed by atoms with Crippen molar-refractivity contribution in [3.63, 3.8) is 0 Å². The number of benzene rings is 2. The number of thiophene rings is 1. The number of nitrogens with one attached hydrogen (secondary N) is 1. The zero-order chi connectivity index (χ0) is 19.9. The fraction of sp³-hybridized carbons (Fsp3) is 0.320. The van der Waals surface area contributed by atoms with Crippen LogP contribution in [0.4, 0.5) is 0 Å². The van der Waals surface area contributed by atoms with Crippen LogP contribution in [-0.2, 0) is 4.79 Å². The lowest BCUT2D eigenvalue weighted by molar-refractivity contribution is -0.122. The highest BCUT2D eigenvalue weighted by Crippen LogP contribution is 2.29. The van der Waals surface area contributed by atoms with Crippen molar-refractivity contribution in [1.82, 2.24) is 10.2 Å². The van der Waals surface area contributed by atoms with Crippen LogP contribution in [0.1, 0.15) is 47.2 Å². The number of carbonyl (C=O) groups is 1. The molecule has 2 aromatic carbocycles. The monoisotopic (exact) mass is 440 g/mol. The van der Waals surface area contributed by atoms with E-state index in [1.165, 1.54) is 24.1 Å². The van der Waals surface area contributed by atoms with E-state index in [1.54, 1.807) is 11.3 Å². The van der Waals surface area contributed by atoms with E-state index in [9.17, 15) is 4.79 Å². The standard InChI is InChI=1S/C25H28N2OS.ClH/c28-25(24(20-11-4-1-5-12-20)21-13-6-2-7-14-21)26-19-22(23-15-10-18-29-23)27-16-8-3-9-17-27;/h1-2,4-7,10-15,18,22,24H,3,8-9,16-17,19H2,(H,26,28);1H. The number of halogens is 1. The van der Waals surface area contributed by atoms with Crippen LogP contribution in [0.3, 0.4) is 0 Å². The van der Waals surface area contributed by atoms with Crippen LogP contribution < -0.4 is 5.32 Å². The summed E-state index contributed by atoms with van der Waals surface area (Å²) in [5, 5.41) is 5.42. The van der Waals surface area contributed by atoms with Crippen LogP contribution >= 0.6 is 23.7 Å². The normalized spacial score (nSPS) is 15.4. The van der Waals surface area contributed by atoms with Gasteiger partial charge in [0, 0.05) is 11.4 Å². The van der Waals surface area contributed by atoms with E-state index >= 15 is 0 Å². The SMILES string of the molecule is Cl.O=C(NCC(c1cccs1)N1CCCCC1)C(c1ccccc1)c1ccccc1. The lowest BCUT2D eigenvalue weighted by Crippen LogP contribution is -2.41. The van der Waals surface area contributed by atoms with Gasteiger partial charge in [-0.25, -0.2) is 0 Å². The van der Waals surface area contributed by atoms with Crippen molar-refractivity contribution in [2.75, 3.05) is 19.6 Å². The molecule has 1 N–H and O–H groups in total. The molecule has 158 valence electrons. The Labute approximate surface area is 189 Å². The van der Waals surface area contributed by atoms with Crippen molar-refractivity contribution < 1.29 is 4.79 Å². The molecule has 3 aromatic rings. The van der Waals surface area contributed by atoms with Crippen molar-refractivity contribution >= 4 is 29.7 Å². The first-order valence-electron chi connectivity index (χ1n) is 10.5. The van der Waals surface area contributed by atoms with E-state index in [0.717, 1.165) is 24.2 Å². The molecule has 4 rings (SSSR count). The number of amides is 1. The van der Waals surface area contributed by atoms with Crippen LogP contribution in [0.5, 0.6) is 0 Å². The van der Waals surface area contributed by atoms with Gasteiger partial charge in [0.25, 0.3) is 0 Å². The Morgan fingerprint density at radius 3 is 2.00 bits per heavy atom. The summed E-state index contributed by atoms with van der Waals surface area (Å²) < 4.78 is 0. The van der Waals surface area contributed by atoms with E-state index in [1.807, 2.05) is 60.7 Å². The van der Waals surface area contributed by atoms with E-state index in [2.05, 4.69) is 27.7 Å². The summed E-state index contributed by atoms with van der Waals surface area (Å²) in [6.45, 7) is 2.87. The van der Waals surface area contributed by atoms with Crippen molar-refractivity contribution in [2.45, 2.75) is 31.2 Å². The minimum Gasteiger partial charge on any atom is -0.353 e. The third-order valence-corrected chi connectivity index (χ3v) is 6.67. The maximum absolute atomic E-state index is 13.4. The number of piperidine rings is 1. The average Bonchev–Trinajstić information content (AvgIpc) is 3.31. The van der Waals surface area contributed by atoms with Gasteiger partial charge in [-0.1, -0.05) is 73.2 Å². The lowest BCUT2D eigenvalue weighted by Gasteiger charge is -2.34. The molecule has 1 aliphatic rings. The first-order chi connectivity index (χ1) is 14.3. The quantitative estimate of drug-likeness (QED) is 0.515. The summed E-state index contributed by atoms with van der Waals surface area (Å²) in [5.41, 5.74) is 2.06. The largest absolute Gasteiger partial charge is 0.353 e. The second-order valence-corrected chi connectivity index (χ2v) is 8.61. The van der Waals surface area contributed by atoms with Gasteiger partial charge >= 0.3 is 0 Å². The first kappa shape index (κ1) is 22.5. The Bertz CT molecular complexity index is 841. The Morgan fingerprint density at radius 1 is 0.867 bits per heavy atom. The molecule has 0 saturated carbocycles. The molecule has 1 atom stereocenters. The number of nitrogens with zero attached hydrogens (tertiary/aromatic N) is 1. The maximum atomic E-state index is 13.4. The third-order valence-electron chi connectivity index (χ3n) is 5.70. The molecule has 0 spiro atoms. The molecule has 2 heterocycles. The van der Waals surface area contributed by atoms with Gasteiger partial charge in [-0.05, 0) is 48.5 Å². The average molecular weight is 441 g/mol. The van der Waals surface area contributed by atoms with Gasteiger partial charge in [-0.15, -0.1) is 23.7 Å². The summed E-state index contributed by atoms with van der Waals surface area (Å²) in [7, 11) is 0. The van der Waals surface area contributed by atoms with Gasteiger partial charge in [-0.2, -0.15) is 0 Å². The number of rotatable bonds is 7. The Balaban J connectivity index is 0.00000256. The molecule has 1 saturated heterocycles. The smallest absolute Gasteiger partial charge is 0.232 e. The first-order valence-corrected chi connectivity index (χ1v) is 11.4. The zero-order valence-corrected chi connectivity index (χ0v) is 18.7. The second-order valence-electron chi connectivity index (χ2n) is 7.63. The van der Waals surface area contributed by atoms with E-state index < -0.39 is 0 Å². The molecule has 0 radical (unpaired) electrons. The van der Waals surface area contributed by atoms with Gasteiger partial charge in [0.1, 0.15) is 0 Å². The fourth-order valence-corrected chi connectivity index (χ4v) is 5.07. The highest BCUT2D eigenvalue weighted by molar-refractivity contribution is 7.10. The molecular weight excluding hydrogens is 412 g/mol. The minimum atomic E-state index is -0.289. The minimum absolute atomic E-state index is 0. The molecule has 1 amide bonds. The summed E-state index contributed by atoms with van der Waals surface area (Å²) in [5.74, 6) is -0.219. The molecule has 5 heteroatoms. The molecule has 1 fully saturated rings. The number of carbonyl (C=O) groups excluding carboxylic acids is 1. The lowest BCUT2D eigenvalue weighted by atomic mass is 9.90. The van der Waals surface area contributed by atoms with E-state index in [-0.39, 0.29) is 30.3 Å². The van der Waals surface area contributed by atoms with Crippen molar-refractivity contribution in [2.24, 2.45) is 0 Å². The molecule has 3 nitrogen and oxygen atoms in total. The van der Waals surface area contributed by atoms with Gasteiger partial charge in [0.15, 0.2) is 0 Å². The van der Waals surface area contributed by atoms with Crippen LogP contribution in [0.15, 0.2) is 78.2 Å². The predicted molar refractivity (Wildman–Crippen MR) is 127 cm³/mol. The van der Waals surface area contributed by atoms with Crippen molar-refractivity contribution in [3.8, 4) is 0 Å². The van der Waals surface area contributed by atoms with Crippen LogP contribution in [-0.4, -0.2) is 30.4 Å². The topological polar surface area (TPSA) is 32.3 Å². The summed E-state index contributed by atoms with van der Waals surface area (Å²) in [4.78, 5) is 17.2. The van der Waals surface area contributed by atoms with Gasteiger partial charge in [-0.3, -0.25) is 9.69 Å². The third kappa shape index (κ3) is 5.51. The highest BCUT2D eigenvalue weighted by Gasteiger charge is 2.27. The highest BCUT2D eigenvalue weighted by atomic mass is 35.5. The Kier molecular flexibility index (Phi) is 8.50. The maximum Gasteiger partial charge on any atom is 0.232 e. The molecular formula is C25H29ClN2OS. The number of likely N-dealkylation sites (tertiary alicyclic amines) is 1. The summed E-state index contributed by atoms with van der Waals surface area (Å²) >= 11 is 1.78. The molecule has 1 unspecified atom stereocenters. The van der Waals surface area contributed by atoms with Gasteiger partial charge < -0.3 is 5.32 Å². The van der Waals surface area contributed by atoms with Crippen LogP contribution in [0.2, 0.25) is 0 Å². The fourth-order valence-electron chi connectivity index (χ4n) is 4.21.